The van der Waals surface area contributed by atoms with Crippen molar-refractivity contribution in [3.63, 3.8) is 0 Å². The Labute approximate surface area is 176 Å². The molecular weight excluding hydrogens is 400 g/mol. The fraction of sp³-hybridized carbons (Fsp3) is 0.130. The van der Waals surface area contributed by atoms with Crippen molar-refractivity contribution in [1.29, 1.82) is 0 Å². The van der Waals surface area contributed by atoms with Crippen LogP contribution in [0.15, 0.2) is 82.8 Å². The molecule has 0 spiro atoms. The van der Waals surface area contributed by atoms with E-state index in [-0.39, 0.29) is 23.0 Å². The van der Waals surface area contributed by atoms with Gasteiger partial charge in [-0.25, -0.2) is 5.43 Å². The van der Waals surface area contributed by atoms with Crippen LogP contribution in [-0.4, -0.2) is 20.5 Å². The Balaban J connectivity index is 1.55. The maximum Gasteiger partial charge on any atom is 0.339 e. The average Bonchev–Trinajstić information content (AvgIpc) is 2.71. The summed E-state index contributed by atoms with van der Waals surface area (Å²) in [7, 11) is -3.89. The molecule has 0 heterocycles. The molecule has 1 N–H and O–H groups in total. The van der Waals surface area contributed by atoms with Crippen molar-refractivity contribution in [2.75, 3.05) is 0 Å². The van der Waals surface area contributed by atoms with Gasteiger partial charge in [-0.3, -0.25) is 4.79 Å². The first-order valence-electron chi connectivity index (χ1n) is 9.30. The lowest BCUT2D eigenvalue weighted by molar-refractivity contribution is -0.120. The summed E-state index contributed by atoms with van der Waals surface area (Å²) in [5.41, 5.74) is 6.17. The fourth-order valence-corrected chi connectivity index (χ4v) is 3.53. The third-order valence-corrected chi connectivity index (χ3v) is 5.55. The van der Waals surface area contributed by atoms with E-state index in [2.05, 4.69) is 10.5 Å². The number of benzene rings is 3. The van der Waals surface area contributed by atoms with Gasteiger partial charge in [0.1, 0.15) is 10.6 Å². The molecule has 3 aromatic carbocycles. The molecule has 0 aromatic heterocycles. The predicted octanol–water partition coefficient (Wildman–Crippen LogP) is 3.76. The maximum atomic E-state index is 12.3. The topological polar surface area (TPSA) is 84.8 Å². The highest BCUT2D eigenvalue weighted by molar-refractivity contribution is 7.87. The number of aryl methyl sites for hydroxylation is 2. The van der Waals surface area contributed by atoms with Gasteiger partial charge >= 0.3 is 10.1 Å². The summed E-state index contributed by atoms with van der Waals surface area (Å²) in [6.45, 7) is 3.87. The van der Waals surface area contributed by atoms with Gasteiger partial charge < -0.3 is 4.18 Å². The van der Waals surface area contributed by atoms with Crippen LogP contribution in [0.2, 0.25) is 0 Å². The molecule has 0 fully saturated rings. The number of hydrogen-bond acceptors (Lipinski definition) is 5. The molecular formula is C23H22N2O4S. The Morgan fingerprint density at radius 3 is 2.07 bits per heavy atom. The molecule has 0 aliphatic rings. The quantitative estimate of drug-likeness (QED) is 0.357. The maximum absolute atomic E-state index is 12.3. The van der Waals surface area contributed by atoms with Crippen molar-refractivity contribution in [3.8, 4) is 5.75 Å². The lowest BCUT2D eigenvalue weighted by Gasteiger charge is -2.07. The Kier molecular flexibility index (Phi) is 6.64. The van der Waals surface area contributed by atoms with Crippen LogP contribution in [0, 0.1) is 13.8 Å². The van der Waals surface area contributed by atoms with Crippen LogP contribution in [0.25, 0.3) is 0 Å². The van der Waals surface area contributed by atoms with Crippen LogP contribution < -0.4 is 9.61 Å². The molecule has 3 aromatic rings. The molecule has 0 unspecified atom stereocenters. The summed E-state index contributed by atoms with van der Waals surface area (Å²) < 4.78 is 29.8. The smallest absolute Gasteiger partial charge is 0.339 e. The molecule has 0 aliphatic carbocycles. The van der Waals surface area contributed by atoms with E-state index in [9.17, 15) is 13.2 Å². The zero-order valence-corrected chi connectivity index (χ0v) is 17.5. The lowest BCUT2D eigenvalue weighted by Crippen LogP contribution is -2.19. The summed E-state index contributed by atoms with van der Waals surface area (Å²) in [6, 6.07) is 20.5. The Hall–Kier alpha value is -3.45. The van der Waals surface area contributed by atoms with Gasteiger partial charge in [-0.05, 0) is 61.4 Å². The first kappa shape index (κ1) is 21.3. The minimum atomic E-state index is -3.89. The predicted molar refractivity (Wildman–Crippen MR) is 116 cm³/mol. The van der Waals surface area contributed by atoms with E-state index in [1.165, 1.54) is 30.5 Å². The molecule has 0 saturated heterocycles. The number of carbonyl (C=O) groups is 1. The molecule has 0 bridgehead atoms. The first-order chi connectivity index (χ1) is 14.3. The summed E-state index contributed by atoms with van der Waals surface area (Å²) in [4.78, 5) is 12.0. The normalized spacial score (nSPS) is 11.4. The highest BCUT2D eigenvalue weighted by Crippen LogP contribution is 2.19. The van der Waals surface area contributed by atoms with Crippen molar-refractivity contribution in [2.24, 2.45) is 5.10 Å². The third kappa shape index (κ3) is 6.02. The summed E-state index contributed by atoms with van der Waals surface area (Å²) >= 11 is 0. The van der Waals surface area contributed by atoms with Gasteiger partial charge in [0.05, 0.1) is 12.6 Å². The number of hydrazone groups is 1. The van der Waals surface area contributed by atoms with Gasteiger partial charge in [-0.2, -0.15) is 13.5 Å². The van der Waals surface area contributed by atoms with Gasteiger partial charge in [-0.15, -0.1) is 0 Å². The molecule has 154 valence electrons. The van der Waals surface area contributed by atoms with Crippen molar-refractivity contribution in [1.82, 2.24) is 5.43 Å². The summed E-state index contributed by atoms with van der Waals surface area (Å²) in [6.07, 6.45) is 1.71. The number of rotatable bonds is 7. The summed E-state index contributed by atoms with van der Waals surface area (Å²) in [5, 5.41) is 3.93. The number of nitrogens with zero attached hydrogens (tertiary/aromatic N) is 1. The number of amides is 1. The number of nitrogens with one attached hydrogen (secondary N) is 1. The van der Waals surface area contributed by atoms with Crippen LogP contribution in [0.3, 0.4) is 0 Å². The van der Waals surface area contributed by atoms with E-state index < -0.39 is 10.1 Å². The second-order valence-corrected chi connectivity index (χ2v) is 8.42. The molecule has 0 radical (unpaired) electrons. The zero-order valence-electron chi connectivity index (χ0n) is 16.7. The largest absolute Gasteiger partial charge is 0.379 e. The number of hydrogen-bond donors (Lipinski definition) is 1. The Morgan fingerprint density at radius 2 is 1.47 bits per heavy atom. The molecule has 0 atom stereocenters. The molecule has 0 aliphatic heterocycles. The SMILES string of the molecule is Cc1ccc(CC(=O)N/N=C\c2ccc(OS(=O)(=O)c3ccc(C)cc3)cc2)cc1. The Bertz CT molecular complexity index is 1140. The van der Waals surface area contributed by atoms with E-state index >= 15 is 0 Å². The minimum Gasteiger partial charge on any atom is -0.379 e. The minimum absolute atomic E-state index is 0.0926. The van der Waals surface area contributed by atoms with Gasteiger partial charge in [0.2, 0.25) is 5.91 Å². The zero-order chi connectivity index (χ0) is 21.6. The van der Waals surface area contributed by atoms with E-state index in [0.29, 0.717) is 5.56 Å². The van der Waals surface area contributed by atoms with Crippen LogP contribution in [0.4, 0.5) is 0 Å². The van der Waals surface area contributed by atoms with Crippen LogP contribution >= 0.6 is 0 Å². The molecule has 7 heteroatoms. The summed E-state index contributed by atoms with van der Waals surface area (Å²) in [5.74, 6) is -0.0321. The van der Waals surface area contributed by atoms with E-state index in [1.54, 1.807) is 24.3 Å². The van der Waals surface area contributed by atoms with Gasteiger partial charge in [0.25, 0.3) is 0 Å². The van der Waals surface area contributed by atoms with Gasteiger partial charge in [0, 0.05) is 0 Å². The standard InChI is InChI=1S/C23H22N2O4S/c1-17-3-7-19(8-4-17)15-23(26)25-24-16-20-9-11-21(12-10-20)29-30(27,28)22-13-5-18(2)6-14-22/h3-14,16H,15H2,1-2H3,(H,25,26)/b24-16-. The van der Waals surface area contributed by atoms with Gasteiger partial charge in [-0.1, -0.05) is 47.5 Å². The van der Waals surface area contributed by atoms with E-state index in [1.807, 2.05) is 38.1 Å². The molecule has 0 saturated carbocycles. The first-order valence-corrected chi connectivity index (χ1v) is 10.7. The highest BCUT2D eigenvalue weighted by Gasteiger charge is 2.16. The molecule has 1 amide bonds. The van der Waals surface area contributed by atoms with E-state index in [0.717, 1.165) is 16.7 Å². The van der Waals surface area contributed by atoms with E-state index in [4.69, 9.17) is 4.18 Å². The highest BCUT2D eigenvalue weighted by atomic mass is 32.2. The monoisotopic (exact) mass is 422 g/mol. The second-order valence-electron chi connectivity index (χ2n) is 6.88. The van der Waals surface area contributed by atoms with Crippen molar-refractivity contribution >= 4 is 22.2 Å². The van der Waals surface area contributed by atoms with Crippen molar-refractivity contribution in [2.45, 2.75) is 25.2 Å². The van der Waals surface area contributed by atoms with Crippen LogP contribution in [-0.2, 0) is 21.3 Å². The Morgan fingerprint density at radius 1 is 0.900 bits per heavy atom. The fourth-order valence-electron chi connectivity index (χ4n) is 2.60. The average molecular weight is 423 g/mol. The molecule has 6 nitrogen and oxygen atoms in total. The lowest BCUT2D eigenvalue weighted by atomic mass is 10.1. The van der Waals surface area contributed by atoms with Crippen molar-refractivity contribution in [3.05, 3.63) is 95.1 Å². The van der Waals surface area contributed by atoms with Gasteiger partial charge in [0.15, 0.2) is 0 Å². The molecule has 30 heavy (non-hydrogen) atoms. The third-order valence-electron chi connectivity index (χ3n) is 4.28. The van der Waals surface area contributed by atoms with Crippen molar-refractivity contribution < 1.29 is 17.4 Å². The second kappa shape index (κ2) is 9.37. The van der Waals surface area contributed by atoms with Crippen LogP contribution in [0.1, 0.15) is 22.3 Å². The molecule has 3 rings (SSSR count). The number of carbonyl (C=O) groups excluding carboxylic acids is 1. The van der Waals surface area contributed by atoms with Crippen LogP contribution in [0.5, 0.6) is 5.75 Å².